The highest BCUT2D eigenvalue weighted by Crippen LogP contribution is 2.00. The van der Waals surface area contributed by atoms with Crippen molar-refractivity contribution in [3.63, 3.8) is 0 Å². The zero-order chi connectivity index (χ0) is 12.3. The molecule has 2 N–H and O–H groups in total. The Morgan fingerprint density at radius 3 is 1.31 bits per heavy atom. The molecule has 0 amide bonds. The zero-order valence-corrected chi connectivity index (χ0v) is 9.89. The van der Waals surface area contributed by atoms with Gasteiger partial charge in [0.25, 0.3) is 10.2 Å². The largest absolute Gasteiger partial charge is 0.304 e. The number of hydrogen-bond acceptors (Lipinski definition) is 6. The Bertz CT molecular complexity index is 316. The smallest absolute Gasteiger partial charge is 0.253 e. The first kappa shape index (κ1) is 13.4. The summed E-state index contributed by atoms with van der Waals surface area (Å²) in [5, 5.41) is 3.72. The van der Waals surface area contributed by atoms with Crippen LogP contribution in [0.3, 0.4) is 0 Å². The van der Waals surface area contributed by atoms with Crippen molar-refractivity contribution in [1.82, 2.24) is 10.6 Å². The average molecular weight is 262 g/mol. The molecule has 2 atom stereocenters. The monoisotopic (exact) mass is 262 g/mol. The summed E-state index contributed by atoms with van der Waals surface area (Å²) in [5.74, 6) is -1.34. The third-order valence-corrected chi connectivity index (χ3v) is 2.63. The minimum atomic E-state index is -0.839. The normalized spacial score (nSPS) is 24.9. The fourth-order valence-corrected chi connectivity index (χ4v) is 1.65. The van der Waals surface area contributed by atoms with Crippen molar-refractivity contribution in [2.24, 2.45) is 0 Å². The molecular weight excluding hydrogens is 252 g/mol. The summed E-state index contributed by atoms with van der Waals surface area (Å²) in [7, 11) is 0. The van der Waals surface area contributed by atoms with Crippen molar-refractivity contribution in [1.29, 1.82) is 0 Å². The SMILES string of the molecule is O=C(S)C(=O)C1CNC(C(=O)C(=O)S)CN1. The quantitative estimate of drug-likeness (QED) is 0.345. The molecule has 1 rings (SSSR count). The minimum Gasteiger partial charge on any atom is -0.304 e. The maximum absolute atomic E-state index is 11.2. The van der Waals surface area contributed by atoms with Gasteiger partial charge >= 0.3 is 0 Å². The molecule has 0 bridgehead atoms. The highest BCUT2D eigenvalue weighted by Gasteiger charge is 2.32. The molecule has 8 heteroatoms. The van der Waals surface area contributed by atoms with Crippen LogP contribution in [0.15, 0.2) is 0 Å². The van der Waals surface area contributed by atoms with E-state index in [0.717, 1.165) is 0 Å². The van der Waals surface area contributed by atoms with E-state index in [1.165, 1.54) is 0 Å². The van der Waals surface area contributed by atoms with E-state index in [1.807, 2.05) is 0 Å². The van der Waals surface area contributed by atoms with Crippen LogP contribution in [0.2, 0.25) is 0 Å². The van der Waals surface area contributed by atoms with E-state index >= 15 is 0 Å². The number of carbonyl (C=O) groups excluding carboxylic acids is 4. The lowest BCUT2D eigenvalue weighted by atomic mass is 10.1. The van der Waals surface area contributed by atoms with Crippen molar-refractivity contribution in [2.45, 2.75) is 12.1 Å². The number of Topliss-reactive ketones (excluding diaryl/α,β-unsaturated/α-hetero) is 2. The van der Waals surface area contributed by atoms with Crippen LogP contribution < -0.4 is 10.6 Å². The van der Waals surface area contributed by atoms with Crippen molar-refractivity contribution >= 4 is 47.1 Å². The van der Waals surface area contributed by atoms with Gasteiger partial charge in [-0.05, 0) is 0 Å². The van der Waals surface area contributed by atoms with E-state index in [2.05, 4.69) is 35.9 Å². The molecule has 0 radical (unpaired) electrons. The number of hydrogen-bond donors (Lipinski definition) is 4. The molecule has 1 saturated heterocycles. The topological polar surface area (TPSA) is 92.3 Å². The van der Waals surface area contributed by atoms with E-state index in [9.17, 15) is 19.2 Å². The second kappa shape index (κ2) is 5.58. The Hall–Kier alpha value is -0.700. The third kappa shape index (κ3) is 3.14. The minimum absolute atomic E-state index is 0.0998. The first-order valence-electron chi connectivity index (χ1n) is 4.44. The molecule has 88 valence electrons. The Morgan fingerprint density at radius 2 is 1.12 bits per heavy atom. The Labute approximate surface area is 102 Å². The Morgan fingerprint density at radius 1 is 0.812 bits per heavy atom. The zero-order valence-electron chi connectivity index (χ0n) is 8.10. The van der Waals surface area contributed by atoms with Crippen LogP contribution >= 0.6 is 25.3 Å². The molecule has 0 aromatic rings. The van der Waals surface area contributed by atoms with Crippen LogP contribution in [0.25, 0.3) is 0 Å². The fraction of sp³-hybridized carbons (Fsp3) is 0.500. The number of nitrogens with one attached hydrogen (secondary N) is 2. The molecule has 2 unspecified atom stereocenters. The van der Waals surface area contributed by atoms with Gasteiger partial charge in [0.15, 0.2) is 0 Å². The third-order valence-electron chi connectivity index (χ3n) is 2.19. The van der Waals surface area contributed by atoms with E-state index in [-0.39, 0.29) is 13.1 Å². The molecule has 1 aliphatic heterocycles. The summed E-state index contributed by atoms with van der Waals surface area (Å²) in [6, 6.07) is -1.41. The molecule has 0 aromatic carbocycles. The van der Waals surface area contributed by atoms with Gasteiger partial charge in [-0.15, -0.1) is 0 Å². The van der Waals surface area contributed by atoms with Gasteiger partial charge in [-0.25, -0.2) is 0 Å². The lowest BCUT2D eigenvalue weighted by molar-refractivity contribution is -0.135. The molecule has 0 spiro atoms. The van der Waals surface area contributed by atoms with Gasteiger partial charge in [-0.1, -0.05) is 25.3 Å². The van der Waals surface area contributed by atoms with E-state index < -0.39 is 33.9 Å². The second-order valence-electron chi connectivity index (χ2n) is 3.26. The van der Waals surface area contributed by atoms with Crippen LogP contribution in [0, 0.1) is 0 Å². The van der Waals surface area contributed by atoms with Crippen LogP contribution in [0.1, 0.15) is 0 Å². The van der Waals surface area contributed by atoms with Gasteiger partial charge in [0, 0.05) is 13.1 Å². The van der Waals surface area contributed by atoms with Gasteiger partial charge in [0.05, 0.1) is 12.1 Å². The second-order valence-corrected chi connectivity index (χ2v) is 4.07. The lowest BCUT2D eigenvalue weighted by Crippen LogP contribution is -2.61. The van der Waals surface area contributed by atoms with Gasteiger partial charge in [0.1, 0.15) is 0 Å². The summed E-state index contributed by atoms with van der Waals surface area (Å²) in [6.07, 6.45) is 0. The van der Waals surface area contributed by atoms with Gasteiger partial charge in [-0.3, -0.25) is 19.2 Å². The number of piperazine rings is 1. The summed E-state index contributed by atoms with van der Waals surface area (Å²) in [5.41, 5.74) is 0. The van der Waals surface area contributed by atoms with Crippen LogP contribution in [0.5, 0.6) is 0 Å². The van der Waals surface area contributed by atoms with Crippen LogP contribution in [-0.4, -0.2) is 47.0 Å². The standard InChI is InChI=1S/C8H10N2O4S2/c11-5(7(13)15)3-1-9-4(2-10-3)6(12)8(14)16/h3-4,9-10H,1-2H2,(H,13,15)(H,14,16). The molecule has 1 heterocycles. The Balaban J connectivity index is 2.52. The van der Waals surface area contributed by atoms with Gasteiger partial charge < -0.3 is 10.6 Å². The highest BCUT2D eigenvalue weighted by atomic mass is 32.1. The summed E-state index contributed by atoms with van der Waals surface area (Å²) in [6.45, 7) is 0.200. The molecule has 6 nitrogen and oxygen atoms in total. The number of carbonyl (C=O) groups is 4. The highest BCUT2D eigenvalue weighted by molar-refractivity contribution is 7.99. The first-order valence-corrected chi connectivity index (χ1v) is 5.34. The molecular formula is C8H10N2O4S2. The molecule has 1 aliphatic rings. The molecule has 16 heavy (non-hydrogen) atoms. The molecule has 0 aliphatic carbocycles. The molecule has 1 fully saturated rings. The van der Waals surface area contributed by atoms with Gasteiger partial charge in [-0.2, -0.15) is 0 Å². The van der Waals surface area contributed by atoms with Crippen molar-refractivity contribution < 1.29 is 19.2 Å². The molecule has 0 saturated carbocycles. The Kier molecular flexibility index (Phi) is 4.66. The summed E-state index contributed by atoms with van der Waals surface area (Å²) in [4.78, 5) is 43.8. The maximum atomic E-state index is 11.2. The van der Waals surface area contributed by atoms with Crippen molar-refractivity contribution in [3.8, 4) is 0 Å². The van der Waals surface area contributed by atoms with Gasteiger partial charge in [0.2, 0.25) is 11.6 Å². The summed E-state index contributed by atoms with van der Waals surface area (Å²) < 4.78 is 0. The van der Waals surface area contributed by atoms with E-state index in [1.54, 1.807) is 0 Å². The van der Waals surface area contributed by atoms with Crippen molar-refractivity contribution in [2.75, 3.05) is 13.1 Å². The average Bonchev–Trinajstić information content (AvgIpc) is 2.27. The predicted molar refractivity (Wildman–Crippen MR) is 61.6 cm³/mol. The maximum Gasteiger partial charge on any atom is 0.253 e. The molecule has 0 aromatic heterocycles. The summed E-state index contributed by atoms with van der Waals surface area (Å²) >= 11 is 6.82. The lowest BCUT2D eigenvalue weighted by Gasteiger charge is -2.28. The van der Waals surface area contributed by atoms with Crippen LogP contribution in [-0.2, 0) is 19.2 Å². The number of rotatable bonds is 4. The van der Waals surface area contributed by atoms with Crippen LogP contribution in [0.4, 0.5) is 0 Å². The van der Waals surface area contributed by atoms with Crippen molar-refractivity contribution in [3.05, 3.63) is 0 Å². The van der Waals surface area contributed by atoms with E-state index in [0.29, 0.717) is 0 Å². The number of thiol groups is 2. The fourth-order valence-electron chi connectivity index (χ4n) is 1.33. The van der Waals surface area contributed by atoms with E-state index in [4.69, 9.17) is 0 Å². The first-order chi connectivity index (χ1) is 7.43. The predicted octanol–water partition coefficient (Wildman–Crippen LogP) is -2.03. The number of ketones is 2.